The van der Waals surface area contributed by atoms with E-state index in [4.69, 9.17) is 0 Å². The van der Waals surface area contributed by atoms with E-state index in [1.807, 2.05) is 11.8 Å². The SMILES string of the molecule is C[C@@H]1C[C@H](F)CN1C(=O)CN1CC[C@@H](Nc2ccnc3c(C(F)(F)F)cccc23)C1. The first kappa shape index (κ1) is 20.8. The standard InChI is InChI=1S/C21H24F4N4O/c1-13-9-14(22)10-29(13)19(30)12-28-8-6-15(11-28)27-18-5-7-26-20-16(18)3-2-4-17(20)21(23,24)25/h2-5,7,13-15H,6,8-12H2,1H3,(H,26,27)/t13-,14+,15-/m1/s1. The van der Waals surface area contributed by atoms with Gasteiger partial charge in [0.05, 0.1) is 24.2 Å². The summed E-state index contributed by atoms with van der Waals surface area (Å²) in [5.74, 6) is -0.0764. The molecule has 1 aromatic heterocycles. The van der Waals surface area contributed by atoms with Gasteiger partial charge >= 0.3 is 6.18 Å². The molecule has 0 radical (unpaired) electrons. The molecule has 0 spiro atoms. The van der Waals surface area contributed by atoms with Gasteiger partial charge in [-0.1, -0.05) is 12.1 Å². The summed E-state index contributed by atoms with van der Waals surface area (Å²) in [4.78, 5) is 20.1. The number of alkyl halides is 4. The van der Waals surface area contributed by atoms with Crippen LogP contribution in [0.1, 0.15) is 25.3 Å². The number of hydrogen-bond donors (Lipinski definition) is 1. The lowest BCUT2D eigenvalue weighted by Gasteiger charge is -2.24. The van der Waals surface area contributed by atoms with Crippen LogP contribution in [0.2, 0.25) is 0 Å². The van der Waals surface area contributed by atoms with Crippen LogP contribution in [0.25, 0.3) is 10.9 Å². The molecule has 3 atom stereocenters. The Hall–Kier alpha value is -2.42. The summed E-state index contributed by atoms with van der Waals surface area (Å²) < 4.78 is 53.4. The Kier molecular flexibility index (Phi) is 5.57. The fraction of sp³-hybridized carbons (Fsp3) is 0.524. The van der Waals surface area contributed by atoms with E-state index >= 15 is 0 Å². The summed E-state index contributed by atoms with van der Waals surface area (Å²) in [5, 5.41) is 3.74. The average molecular weight is 424 g/mol. The van der Waals surface area contributed by atoms with Gasteiger partial charge in [-0.05, 0) is 25.5 Å². The number of fused-ring (bicyclic) bond motifs is 1. The monoisotopic (exact) mass is 424 g/mol. The van der Waals surface area contributed by atoms with Gasteiger partial charge in [-0.2, -0.15) is 13.2 Å². The summed E-state index contributed by atoms with van der Waals surface area (Å²) in [6.45, 7) is 3.53. The summed E-state index contributed by atoms with van der Waals surface area (Å²) in [5.41, 5.74) is -0.241. The molecule has 30 heavy (non-hydrogen) atoms. The van der Waals surface area contributed by atoms with Gasteiger partial charge in [0.25, 0.3) is 0 Å². The highest BCUT2D eigenvalue weighted by Gasteiger charge is 2.35. The summed E-state index contributed by atoms with van der Waals surface area (Å²) in [7, 11) is 0. The molecule has 4 rings (SSSR count). The van der Waals surface area contributed by atoms with Crippen molar-refractivity contribution >= 4 is 22.5 Å². The van der Waals surface area contributed by atoms with Gasteiger partial charge < -0.3 is 10.2 Å². The number of hydrogen-bond acceptors (Lipinski definition) is 4. The molecule has 2 aromatic rings. The predicted octanol–water partition coefficient (Wildman–Crippen LogP) is 3.70. The second kappa shape index (κ2) is 8.02. The fourth-order valence-electron chi connectivity index (χ4n) is 4.44. The van der Waals surface area contributed by atoms with Crippen LogP contribution in [0.15, 0.2) is 30.5 Å². The van der Waals surface area contributed by atoms with E-state index in [-0.39, 0.29) is 36.6 Å². The highest BCUT2D eigenvalue weighted by molar-refractivity contribution is 5.93. The molecule has 0 saturated carbocycles. The number of amides is 1. The number of carbonyl (C=O) groups is 1. The van der Waals surface area contributed by atoms with Crippen molar-refractivity contribution in [2.24, 2.45) is 0 Å². The second-order valence-electron chi connectivity index (χ2n) is 8.15. The maximum atomic E-state index is 13.5. The molecule has 5 nitrogen and oxygen atoms in total. The van der Waals surface area contributed by atoms with Crippen LogP contribution in [0.5, 0.6) is 0 Å². The Bertz CT molecular complexity index is 935. The lowest BCUT2D eigenvalue weighted by molar-refractivity contribution is -0.136. The molecule has 3 heterocycles. The topological polar surface area (TPSA) is 48.5 Å². The van der Waals surface area contributed by atoms with Crippen molar-refractivity contribution in [2.45, 2.75) is 44.2 Å². The van der Waals surface area contributed by atoms with Crippen LogP contribution in [0, 0.1) is 0 Å². The molecule has 1 amide bonds. The van der Waals surface area contributed by atoms with Crippen LogP contribution >= 0.6 is 0 Å². The maximum absolute atomic E-state index is 13.5. The number of para-hydroxylation sites is 1. The number of rotatable bonds is 4. The van der Waals surface area contributed by atoms with Gasteiger partial charge in [-0.15, -0.1) is 0 Å². The van der Waals surface area contributed by atoms with Crippen LogP contribution in [-0.4, -0.2) is 65.1 Å². The quantitative estimate of drug-likeness (QED) is 0.761. The first-order valence-corrected chi connectivity index (χ1v) is 10.1. The lowest BCUT2D eigenvalue weighted by Crippen LogP contribution is -2.42. The molecule has 2 aliphatic rings. The molecule has 1 aromatic carbocycles. The van der Waals surface area contributed by atoms with E-state index < -0.39 is 17.9 Å². The van der Waals surface area contributed by atoms with Crippen LogP contribution in [0.4, 0.5) is 23.2 Å². The zero-order chi connectivity index (χ0) is 21.5. The molecular formula is C21H24F4N4O. The van der Waals surface area contributed by atoms with E-state index in [9.17, 15) is 22.4 Å². The molecule has 2 aliphatic heterocycles. The van der Waals surface area contributed by atoms with E-state index in [2.05, 4.69) is 10.3 Å². The van der Waals surface area contributed by atoms with Gasteiger partial charge in [0.15, 0.2) is 0 Å². The summed E-state index contributed by atoms with van der Waals surface area (Å²) >= 11 is 0. The van der Waals surface area contributed by atoms with Gasteiger partial charge in [0.1, 0.15) is 6.17 Å². The maximum Gasteiger partial charge on any atom is 0.418 e. The number of anilines is 1. The Morgan fingerprint density at radius 1 is 1.27 bits per heavy atom. The molecular weight excluding hydrogens is 400 g/mol. The minimum Gasteiger partial charge on any atom is -0.380 e. The van der Waals surface area contributed by atoms with Crippen molar-refractivity contribution in [3.63, 3.8) is 0 Å². The van der Waals surface area contributed by atoms with E-state index in [0.717, 1.165) is 12.5 Å². The highest BCUT2D eigenvalue weighted by Crippen LogP contribution is 2.36. The Labute approximate surface area is 172 Å². The van der Waals surface area contributed by atoms with Crippen LogP contribution in [0.3, 0.4) is 0 Å². The smallest absolute Gasteiger partial charge is 0.380 e. The lowest BCUT2D eigenvalue weighted by atomic mass is 10.1. The molecule has 2 fully saturated rings. The van der Waals surface area contributed by atoms with Crippen molar-refractivity contribution < 1.29 is 22.4 Å². The Balaban J connectivity index is 1.43. The molecule has 9 heteroatoms. The number of aromatic nitrogens is 1. The molecule has 0 aliphatic carbocycles. The average Bonchev–Trinajstić information content (AvgIpc) is 3.26. The normalized spacial score (nSPS) is 25.2. The fourth-order valence-corrected chi connectivity index (χ4v) is 4.44. The van der Waals surface area contributed by atoms with Crippen LogP contribution < -0.4 is 5.32 Å². The first-order chi connectivity index (χ1) is 14.2. The zero-order valence-electron chi connectivity index (χ0n) is 16.6. The van der Waals surface area contributed by atoms with Gasteiger partial charge in [0, 0.05) is 48.9 Å². The van der Waals surface area contributed by atoms with Crippen molar-refractivity contribution in [1.82, 2.24) is 14.8 Å². The predicted molar refractivity (Wildman–Crippen MR) is 106 cm³/mol. The molecule has 2 saturated heterocycles. The number of carbonyl (C=O) groups excluding carboxylic acids is 1. The number of likely N-dealkylation sites (tertiary alicyclic amines) is 2. The number of benzene rings is 1. The number of halogens is 4. The van der Waals surface area contributed by atoms with Gasteiger partial charge in [-0.25, -0.2) is 4.39 Å². The minimum absolute atomic E-state index is 0.00266. The largest absolute Gasteiger partial charge is 0.418 e. The zero-order valence-corrected chi connectivity index (χ0v) is 16.6. The number of pyridine rings is 1. The molecule has 0 bridgehead atoms. The van der Waals surface area contributed by atoms with Crippen LogP contribution in [-0.2, 0) is 11.0 Å². The third-order valence-corrected chi connectivity index (χ3v) is 5.91. The van der Waals surface area contributed by atoms with Crippen molar-refractivity contribution in [1.29, 1.82) is 0 Å². The van der Waals surface area contributed by atoms with Gasteiger partial charge in [0.2, 0.25) is 5.91 Å². The van der Waals surface area contributed by atoms with E-state index in [0.29, 0.717) is 30.6 Å². The molecule has 1 N–H and O–H groups in total. The highest BCUT2D eigenvalue weighted by atomic mass is 19.4. The second-order valence-corrected chi connectivity index (χ2v) is 8.15. The minimum atomic E-state index is -4.47. The van der Waals surface area contributed by atoms with Crippen molar-refractivity contribution in [3.8, 4) is 0 Å². The summed E-state index contributed by atoms with van der Waals surface area (Å²) in [6.07, 6.45) is -2.92. The molecule has 0 unspecified atom stereocenters. The number of nitrogens with zero attached hydrogens (tertiary/aromatic N) is 3. The van der Waals surface area contributed by atoms with Crippen molar-refractivity contribution in [3.05, 3.63) is 36.0 Å². The Morgan fingerprint density at radius 2 is 2.07 bits per heavy atom. The van der Waals surface area contributed by atoms with Crippen molar-refractivity contribution in [2.75, 3.05) is 31.5 Å². The molecule has 162 valence electrons. The van der Waals surface area contributed by atoms with Gasteiger partial charge in [-0.3, -0.25) is 14.7 Å². The third-order valence-electron chi connectivity index (χ3n) is 5.91. The first-order valence-electron chi connectivity index (χ1n) is 10.1. The third kappa shape index (κ3) is 4.21. The summed E-state index contributed by atoms with van der Waals surface area (Å²) in [6, 6.07) is 5.62. The van der Waals surface area contributed by atoms with E-state index in [1.165, 1.54) is 12.3 Å². The van der Waals surface area contributed by atoms with E-state index in [1.54, 1.807) is 17.0 Å². The Morgan fingerprint density at radius 3 is 2.77 bits per heavy atom. The number of nitrogens with one attached hydrogen (secondary N) is 1.